The molecule has 0 radical (unpaired) electrons. The highest BCUT2D eigenvalue weighted by atomic mass is 32.2. The van der Waals surface area contributed by atoms with E-state index in [0.717, 1.165) is 19.4 Å². The van der Waals surface area contributed by atoms with Crippen molar-refractivity contribution in [1.82, 2.24) is 9.71 Å². The Morgan fingerprint density at radius 1 is 1.30 bits per heavy atom. The van der Waals surface area contributed by atoms with E-state index in [1.165, 1.54) is 19.0 Å². The summed E-state index contributed by atoms with van der Waals surface area (Å²) < 4.78 is 27.2. The van der Waals surface area contributed by atoms with Crippen molar-refractivity contribution in [2.75, 3.05) is 18.4 Å². The average molecular weight is 297 g/mol. The molecule has 0 spiro atoms. The summed E-state index contributed by atoms with van der Waals surface area (Å²) in [6.07, 6.45) is 5.96. The molecule has 1 saturated carbocycles. The molecular weight excluding hydrogens is 274 g/mol. The van der Waals surface area contributed by atoms with Crippen LogP contribution < -0.4 is 10.0 Å². The minimum absolute atomic E-state index is 0.101. The van der Waals surface area contributed by atoms with E-state index >= 15 is 0 Å². The summed E-state index contributed by atoms with van der Waals surface area (Å²) in [7, 11) is -3.46. The Kier molecular flexibility index (Phi) is 4.65. The van der Waals surface area contributed by atoms with Crippen LogP contribution >= 0.6 is 0 Å². The van der Waals surface area contributed by atoms with Gasteiger partial charge in [-0.1, -0.05) is 19.8 Å². The van der Waals surface area contributed by atoms with Crippen LogP contribution in [0.25, 0.3) is 0 Å². The number of hydrogen-bond donors (Lipinski definition) is 2. The van der Waals surface area contributed by atoms with E-state index in [-0.39, 0.29) is 10.3 Å². The van der Waals surface area contributed by atoms with Crippen LogP contribution in [0, 0.1) is 5.41 Å². The van der Waals surface area contributed by atoms with Crippen molar-refractivity contribution in [2.45, 2.75) is 44.4 Å². The van der Waals surface area contributed by atoms with Gasteiger partial charge in [0.05, 0.1) is 0 Å². The molecule has 0 aromatic carbocycles. The Labute approximate surface area is 121 Å². The first-order valence-electron chi connectivity index (χ1n) is 7.15. The van der Waals surface area contributed by atoms with Gasteiger partial charge < -0.3 is 5.32 Å². The van der Waals surface area contributed by atoms with Crippen LogP contribution in [-0.2, 0) is 10.0 Å². The maximum atomic E-state index is 12.2. The lowest BCUT2D eigenvalue weighted by Gasteiger charge is -2.23. The second kappa shape index (κ2) is 6.10. The SMILES string of the molecule is CCNc1ccc(S(=O)(=O)NCC2(C)CCCC2)cn1. The summed E-state index contributed by atoms with van der Waals surface area (Å²) >= 11 is 0. The van der Waals surface area contributed by atoms with E-state index in [0.29, 0.717) is 12.4 Å². The van der Waals surface area contributed by atoms with Crippen molar-refractivity contribution in [3.63, 3.8) is 0 Å². The molecule has 0 atom stereocenters. The zero-order chi connectivity index (χ0) is 14.6. The Morgan fingerprint density at radius 2 is 2.00 bits per heavy atom. The fraction of sp³-hybridized carbons (Fsp3) is 0.643. The molecule has 5 nitrogen and oxygen atoms in total. The number of nitrogens with zero attached hydrogens (tertiary/aromatic N) is 1. The Bertz CT molecular complexity index is 534. The number of rotatable bonds is 6. The van der Waals surface area contributed by atoms with Gasteiger partial charge in [-0.2, -0.15) is 0 Å². The molecule has 0 unspecified atom stereocenters. The third-order valence-corrected chi connectivity index (χ3v) is 5.29. The van der Waals surface area contributed by atoms with E-state index in [1.54, 1.807) is 12.1 Å². The molecule has 0 aliphatic heterocycles. The fourth-order valence-corrected chi connectivity index (χ4v) is 3.73. The first-order chi connectivity index (χ1) is 9.45. The summed E-state index contributed by atoms with van der Waals surface area (Å²) in [5.41, 5.74) is 0.101. The molecule has 6 heteroatoms. The van der Waals surface area contributed by atoms with E-state index in [4.69, 9.17) is 0 Å². The summed E-state index contributed by atoms with van der Waals surface area (Å²) in [6.45, 7) is 5.38. The van der Waals surface area contributed by atoms with E-state index in [2.05, 4.69) is 21.9 Å². The van der Waals surface area contributed by atoms with Crippen LogP contribution in [0.15, 0.2) is 23.2 Å². The third-order valence-electron chi connectivity index (χ3n) is 3.90. The van der Waals surface area contributed by atoms with Crippen molar-refractivity contribution in [3.05, 3.63) is 18.3 Å². The number of sulfonamides is 1. The van der Waals surface area contributed by atoms with Gasteiger partial charge in [-0.15, -0.1) is 0 Å². The first-order valence-corrected chi connectivity index (χ1v) is 8.63. The molecule has 112 valence electrons. The van der Waals surface area contributed by atoms with Crippen molar-refractivity contribution in [3.8, 4) is 0 Å². The molecule has 2 N–H and O–H groups in total. The van der Waals surface area contributed by atoms with Gasteiger partial charge in [0.25, 0.3) is 0 Å². The molecule has 1 heterocycles. The normalized spacial score (nSPS) is 18.1. The van der Waals surface area contributed by atoms with Crippen LogP contribution in [-0.4, -0.2) is 26.5 Å². The highest BCUT2D eigenvalue weighted by molar-refractivity contribution is 7.89. The van der Waals surface area contributed by atoms with Crippen LogP contribution in [0.4, 0.5) is 5.82 Å². The zero-order valence-electron chi connectivity index (χ0n) is 12.1. The Balaban J connectivity index is 2.02. The average Bonchev–Trinajstić information content (AvgIpc) is 2.85. The minimum Gasteiger partial charge on any atom is -0.370 e. The lowest BCUT2D eigenvalue weighted by Crippen LogP contribution is -2.34. The van der Waals surface area contributed by atoms with Gasteiger partial charge in [0.2, 0.25) is 10.0 Å². The maximum absolute atomic E-state index is 12.2. The third kappa shape index (κ3) is 3.70. The lowest BCUT2D eigenvalue weighted by molar-refractivity contribution is 0.336. The number of anilines is 1. The Morgan fingerprint density at radius 3 is 2.55 bits per heavy atom. The second-order valence-corrected chi connectivity index (χ2v) is 7.52. The van der Waals surface area contributed by atoms with Gasteiger partial charge in [-0.05, 0) is 37.3 Å². The summed E-state index contributed by atoms with van der Waals surface area (Å²) in [5.74, 6) is 0.689. The van der Waals surface area contributed by atoms with Crippen molar-refractivity contribution in [2.24, 2.45) is 5.41 Å². The summed E-state index contributed by atoms with van der Waals surface area (Å²) in [4.78, 5) is 4.32. The van der Waals surface area contributed by atoms with Gasteiger partial charge in [0.15, 0.2) is 0 Å². The van der Waals surface area contributed by atoms with Crippen LogP contribution in [0.2, 0.25) is 0 Å². The molecule has 1 fully saturated rings. The summed E-state index contributed by atoms with van der Waals surface area (Å²) in [6, 6.07) is 3.28. The molecule has 0 bridgehead atoms. The molecule has 0 saturated heterocycles. The number of hydrogen-bond acceptors (Lipinski definition) is 4. The molecule has 0 amide bonds. The second-order valence-electron chi connectivity index (χ2n) is 5.75. The zero-order valence-corrected chi connectivity index (χ0v) is 13.0. The first kappa shape index (κ1) is 15.3. The molecule has 1 aliphatic rings. The predicted octanol–water partition coefficient (Wildman–Crippen LogP) is 2.37. The largest absolute Gasteiger partial charge is 0.370 e. The van der Waals surface area contributed by atoms with Crippen LogP contribution in [0.3, 0.4) is 0 Å². The standard InChI is InChI=1S/C14H23N3O2S/c1-3-15-13-7-6-12(10-16-13)20(18,19)17-11-14(2)8-4-5-9-14/h6-7,10,17H,3-5,8-9,11H2,1-2H3,(H,15,16). The van der Waals surface area contributed by atoms with Gasteiger partial charge in [-0.25, -0.2) is 18.1 Å². The molecule has 1 aromatic rings. The van der Waals surface area contributed by atoms with E-state index in [9.17, 15) is 8.42 Å². The fourth-order valence-electron chi connectivity index (χ4n) is 2.58. The van der Waals surface area contributed by atoms with Crippen LogP contribution in [0.1, 0.15) is 39.5 Å². The molecule has 2 rings (SSSR count). The highest BCUT2D eigenvalue weighted by Crippen LogP contribution is 2.36. The maximum Gasteiger partial charge on any atom is 0.242 e. The Hall–Kier alpha value is -1.14. The number of aromatic nitrogens is 1. The lowest BCUT2D eigenvalue weighted by atomic mass is 9.89. The summed E-state index contributed by atoms with van der Waals surface area (Å²) in [5, 5.41) is 3.04. The number of pyridine rings is 1. The highest BCUT2D eigenvalue weighted by Gasteiger charge is 2.30. The smallest absolute Gasteiger partial charge is 0.242 e. The van der Waals surface area contributed by atoms with E-state index in [1.807, 2.05) is 6.92 Å². The molecule has 20 heavy (non-hydrogen) atoms. The quantitative estimate of drug-likeness (QED) is 0.845. The molecular formula is C14H23N3O2S. The predicted molar refractivity (Wildman–Crippen MR) is 80.2 cm³/mol. The van der Waals surface area contributed by atoms with Crippen LogP contribution in [0.5, 0.6) is 0 Å². The van der Waals surface area contributed by atoms with Gasteiger partial charge in [-0.3, -0.25) is 0 Å². The van der Waals surface area contributed by atoms with E-state index < -0.39 is 10.0 Å². The van der Waals surface area contributed by atoms with Crippen molar-refractivity contribution >= 4 is 15.8 Å². The van der Waals surface area contributed by atoms with Crippen molar-refractivity contribution < 1.29 is 8.42 Å². The molecule has 1 aromatic heterocycles. The number of nitrogens with one attached hydrogen (secondary N) is 2. The monoisotopic (exact) mass is 297 g/mol. The van der Waals surface area contributed by atoms with Gasteiger partial charge >= 0.3 is 0 Å². The van der Waals surface area contributed by atoms with Crippen molar-refractivity contribution in [1.29, 1.82) is 0 Å². The topological polar surface area (TPSA) is 71.1 Å². The van der Waals surface area contributed by atoms with Gasteiger partial charge in [0, 0.05) is 19.3 Å². The van der Waals surface area contributed by atoms with Gasteiger partial charge in [0.1, 0.15) is 10.7 Å². The molecule has 1 aliphatic carbocycles. The minimum atomic E-state index is -3.46.